The molecule has 1 heterocycles. The molecule has 0 aliphatic carbocycles. The van der Waals surface area contributed by atoms with Crippen LogP contribution in [-0.2, 0) is 6.42 Å². The molecule has 21 heavy (non-hydrogen) atoms. The van der Waals surface area contributed by atoms with Crippen molar-refractivity contribution in [2.24, 2.45) is 0 Å². The number of nitrogens with one attached hydrogen (secondary N) is 1. The van der Waals surface area contributed by atoms with Gasteiger partial charge in [0.05, 0.1) is 11.7 Å². The van der Waals surface area contributed by atoms with E-state index in [4.69, 9.17) is 9.26 Å². The van der Waals surface area contributed by atoms with Crippen molar-refractivity contribution in [2.45, 2.75) is 39.3 Å². The molecule has 0 saturated heterocycles. The number of benzene rings is 1. The van der Waals surface area contributed by atoms with Gasteiger partial charge < -0.3 is 14.6 Å². The van der Waals surface area contributed by atoms with Gasteiger partial charge in [-0.2, -0.15) is 4.98 Å². The first-order valence-electron chi connectivity index (χ1n) is 6.96. The molecule has 114 valence electrons. The molecule has 1 unspecified atom stereocenters. The smallest absolute Gasteiger partial charge is 0.261 e. The van der Waals surface area contributed by atoms with Gasteiger partial charge in [0.25, 0.3) is 5.89 Å². The van der Waals surface area contributed by atoms with Crippen LogP contribution in [0.25, 0.3) is 11.5 Å². The molecule has 0 saturated carbocycles. The van der Waals surface area contributed by atoms with E-state index >= 15 is 0 Å². The highest BCUT2D eigenvalue weighted by Crippen LogP contribution is 2.32. The molecule has 2 aromatic rings. The zero-order chi connectivity index (χ0) is 15.4. The minimum atomic E-state index is 0.0738. The van der Waals surface area contributed by atoms with Gasteiger partial charge in [0.2, 0.25) is 0 Å². The zero-order valence-electron chi connectivity index (χ0n) is 12.7. The largest absolute Gasteiger partial charge is 0.490 e. The summed E-state index contributed by atoms with van der Waals surface area (Å²) in [5.41, 5.74) is 0.808. The zero-order valence-corrected chi connectivity index (χ0v) is 14.3. The van der Waals surface area contributed by atoms with Crippen molar-refractivity contribution < 1.29 is 9.26 Å². The Bertz CT molecular complexity index is 598. The highest BCUT2D eigenvalue weighted by Gasteiger charge is 2.16. The minimum Gasteiger partial charge on any atom is -0.490 e. The fourth-order valence-electron chi connectivity index (χ4n) is 1.85. The maximum absolute atomic E-state index is 5.82. The van der Waals surface area contributed by atoms with Gasteiger partial charge in [-0.05, 0) is 46.0 Å². The quantitative estimate of drug-likeness (QED) is 0.861. The highest BCUT2D eigenvalue weighted by atomic mass is 79.9. The van der Waals surface area contributed by atoms with Crippen LogP contribution in [0.15, 0.2) is 27.2 Å². The van der Waals surface area contributed by atoms with Crippen molar-refractivity contribution in [3.63, 3.8) is 0 Å². The van der Waals surface area contributed by atoms with Gasteiger partial charge in [-0.1, -0.05) is 21.1 Å². The molecular weight excluding hydrogens is 334 g/mol. The molecule has 2 rings (SSSR count). The lowest BCUT2D eigenvalue weighted by molar-refractivity contribution is 0.242. The van der Waals surface area contributed by atoms with Crippen LogP contribution in [0.3, 0.4) is 0 Å². The van der Waals surface area contributed by atoms with Crippen LogP contribution in [0.1, 0.15) is 26.6 Å². The number of hydrogen-bond acceptors (Lipinski definition) is 5. The number of aromatic nitrogens is 2. The summed E-state index contributed by atoms with van der Waals surface area (Å²) < 4.78 is 12.1. The highest BCUT2D eigenvalue weighted by molar-refractivity contribution is 9.10. The molecule has 5 nitrogen and oxygen atoms in total. The summed E-state index contributed by atoms with van der Waals surface area (Å²) in [6.45, 7) is 6.04. The third kappa shape index (κ3) is 4.28. The molecule has 1 N–H and O–H groups in total. The fraction of sp³-hybridized carbons (Fsp3) is 0.467. The van der Waals surface area contributed by atoms with Gasteiger partial charge >= 0.3 is 0 Å². The van der Waals surface area contributed by atoms with E-state index in [2.05, 4.69) is 38.3 Å². The second-order valence-electron chi connectivity index (χ2n) is 5.22. The van der Waals surface area contributed by atoms with Crippen LogP contribution in [0, 0.1) is 0 Å². The van der Waals surface area contributed by atoms with Gasteiger partial charge in [0.1, 0.15) is 5.75 Å². The SMILES string of the molecule is CNC(C)Cc1noc(-c2ccc(Br)cc2OC(C)C)n1. The van der Waals surface area contributed by atoms with Crippen LogP contribution >= 0.6 is 15.9 Å². The van der Waals surface area contributed by atoms with E-state index in [-0.39, 0.29) is 6.10 Å². The first-order valence-corrected chi connectivity index (χ1v) is 7.75. The summed E-state index contributed by atoms with van der Waals surface area (Å²) >= 11 is 3.45. The second kappa shape index (κ2) is 7.04. The monoisotopic (exact) mass is 353 g/mol. The van der Waals surface area contributed by atoms with E-state index in [1.54, 1.807) is 0 Å². The van der Waals surface area contributed by atoms with Gasteiger partial charge in [0, 0.05) is 16.9 Å². The van der Waals surface area contributed by atoms with Crippen LogP contribution in [0.2, 0.25) is 0 Å². The number of halogens is 1. The number of hydrogen-bond donors (Lipinski definition) is 1. The van der Waals surface area contributed by atoms with Gasteiger partial charge in [-0.3, -0.25) is 0 Å². The molecule has 0 spiro atoms. The van der Waals surface area contributed by atoms with E-state index < -0.39 is 0 Å². The number of nitrogens with zero attached hydrogens (tertiary/aromatic N) is 2. The normalized spacial score (nSPS) is 12.7. The average Bonchev–Trinajstić information content (AvgIpc) is 2.86. The Morgan fingerprint density at radius 2 is 2.10 bits per heavy atom. The summed E-state index contributed by atoms with van der Waals surface area (Å²) in [4.78, 5) is 4.45. The van der Waals surface area contributed by atoms with Crippen LogP contribution < -0.4 is 10.1 Å². The Balaban J connectivity index is 2.29. The maximum atomic E-state index is 5.82. The van der Waals surface area contributed by atoms with Crippen LogP contribution in [0.4, 0.5) is 0 Å². The lowest BCUT2D eigenvalue weighted by atomic mass is 10.2. The number of likely N-dealkylation sites (N-methyl/N-ethyl adjacent to an activating group) is 1. The Morgan fingerprint density at radius 1 is 1.33 bits per heavy atom. The van der Waals surface area contributed by atoms with E-state index in [1.165, 1.54) is 0 Å². The summed E-state index contributed by atoms with van der Waals surface area (Å²) in [5, 5.41) is 7.18. The molecule has 0 aliphatic heterocycles. The predicted octanol–water partition coefficient (Wildman–Crippen LogP) is 3.44. The lowest BCUT2D eigenvalue weighted by Gasteiger charge is -2.12. The predicted molar refractivity (Wildman–Crippen MR) is 85.4 cm³/mol. The third-order valence-electron chi connectivity index (χ3n) is 2.99. The molecule has 0 amide bonds. The van der Waals surface area contributed by atoms with Crippen molar-refractivity contribution in [1.29, 1.82) is 0 Å². The Labute approximate surface area is 133 Å². The van der Waals surface area contributed by atoms with Crippen molar-refractivity contribution >= 4 is 15.9 Å². The topological polar surface area (TPSA) is 60.2 Å². The van der Waals surface area contributed by atoms with Crippen molar-refractivity contribution in [3.8, 4) is 17.2 Å². The second-order valence-corrected chi connectivity index (χ2v) is 6.13. The van der Waals surface area contributed by atoms with E-state index in [0.717, 1.165) is 22.2 Å². The first-order chi connectivity index (χ1) is 9.99. The van der Waals surface area contributed by atoms with Gasteiger partial charge in [0.15, 0.2) is 5.82 Å². The first kappa shape index (κ1) is 16.0. The average molecular weight is 354 g/mol. The van der Waals surface area contributed by atoms with E-state index in [0.29, 0.717) is 17.8 Å². The molecule has 1 aromatic carbocycles. The number of ether oxygens (including phenoxy) is 1. The van der Waals surface area contributed by atoms with Crippen molar-refractivity contribution in [2.75, 3.05) is 7.05 Å². The molecule has 0 aliphatic rings. The Morgan fingerprint density at radius 3 is 2.76 bits per heavy atom. The summed E-state index contributed by atoms with van der Waals surface area (Å²) in [6, 6.07) is 6.06. The van der Waals surface area contributed by atoms with Crippen LogP contribution in [0.5, 0.6) is 5.75 Å². The third-order valence-corrected chi connectivity index (χ3v) is 3.48. The molecule has 1 aromatic heterocycles. The summed E-state index contributed by atoms with van der Waals surface area (Å²) in [6.07, 6.45) is 0.793. The van der Waals surface area contributed by atoms with Gasteiger partial charge in [-0.15, -0.1) is 0 Å². The van der Waals surface area contributed by atoms with Gasteiger partial charge in [-0.25, -0.2) is 0 Å². The molecule has 1 atom stereocenters. The van der Waals surface area contributed by atoms with Crippen molar-refractivity contribution in [1.82, 2.24) is 15.5 Å². The Kier molecular flexibility index (Phi) is 5.36. The van der Waals surface area contributed by atoms with Crippen molar-refractivity contribution in [3.05, 3.63) is 28.5 Å². The maximum Gasteiger partial charge on any atom is 0.261 e. The standard InChI is InChI=1S/C15H20BrN3O2/c1-9(2)20-13-8-11(16)5-6-12(13)15-18-14(19-21-15)7-10(3)17-4/h5-6,8-10,17H,7H2,1-4H3. The minimum absolute atomic E-state index is 0.0738. The van der Waals surface area contributed by atoms with E-state index in [1.807, 2.05) is 39.1 Å². The molecular formula is C15H20BrN3O2. The Hall–Kier alpha value is -1.40. The van der Waals surface area contributed by atoms with E-state index in [9.17, 15) is 0 Å². The fourth-order valence-corrected chi connectivity index (χ4v) is 2.19. The summed E-state index contributed by atoms with van der Waals surface area (Å²) in [5.74, 6) is 1.90. The number of rotatable bonds is 6. The summed E-state index contributed by atoms with van der Waals surface area (Å²) in [7, 11) is 1.91. The lowest BCUT2D eigenvalue weighted by Crippen LogP contribution is -2.24. The molecule has 0 bridgehead atoms. The van der Waals surface area contributed by atoms with Crippen LogP contribution in [-0.4, -0.2) is 29.3 Å². The molecule has 0 radical (unpaired) electrons. The molecule has 0 fully saturated rings. The molecule has 6 heteroatoms.